The van der Waals surface area contributed by atoms with E-state index in [0.717, 1.165) is 50.1 Å². The molecule has 1 aromatic rings. The first-order valence-corrected chi connectivity index (χ1v) is 8.11. The van der Waals surface area contributed by atoms with Crippen molar-refractivity contribution in [1.82, 2.24) is 0 Å². The van der Waals surface area contributed by atoms with Gasteiger partial charge in [-0.25, -0.2) is 0 Å². The van der Waals surface area contributed by atoms with Crippen molar-refractivity contribution in [3.05, 3.63) is 36.4 Å². The van der Waals surface area contributed by atoms with E-state index in [0.29, 0.717) is 6.61 Å². The van der Waals surface area contributed by atoms with Crippen LogP contribution in [0.4, 0.5) is 5.69 Å². The second-order valence-corrected chi connectivity index (χ2v) is 5.94. The van der Waals surface area contributed by atoms with E-state index in [1.807, 2.05) is 24.3 Å². The van der Waals surface area contributed by atoms with Crippen molar-refractivity contribution in [1.29, 1.82) is 0 Å². The number of carbonyl (C=O) groups excluding carboxylic acids is 1. The van der Waals surface area contributed by atoms with Gasteiger partial charge in [-0.05, 0) is 44.2 Å². The molecule has 1 saturated heterocycles. The largest absolute Gasteiger partial charge is 0.491 e. The van der Waals surface area contributed by atoms with Crippen molar-refractivity contribution in [2.75, 3.05) is 18.5 Å². The number of benzene rings is 1. The molecule has 1 aliphatic heterocycles. The van der Waals surface area contributed by atoms with Gasteiger partial charge in [-0.15, -0.1) is 0 Å². The minimum absolute atomic E-state index is 0.0847. The Balaban J connectivity index is 1.53. The van der Waals surface area contributed by atoms with E-state index in [2.05, 4.69) is 17.5 Å². The zero-order chi connectivity index (χ0) is 15.2. The van der Waals surface area contributed by atoms with E-state index in [1.54, 1.807) is 0 Å². The summed E-state index contributed by atoms with van der Waals surface area (Å²) >= 11 is 0. The number of nitrogens with one attached hydrogen (secondary N) is 1. The molecular formula is C18H23NO3. The summed E-state index contributed by atoms with van der Waals surface area (Å²) in [5.41, 5.74) is 0.796. The van der Waals surface area contributed by atoms with Crippen LogP contribution in [0.15, 0.2) is 36.4 Å². The molecule has 1 amide bonds. The molecule has 0 aromatic heterocycles. The van der Waals surface area contributed by atoms with Crippen molar-refractivity contribution in [3.63, 3.8) is 0 Å². The fourth-order valence-corrected chi connectivity index (χ4v) is 2.90. The predicted molar refractivity (Wildman–Crippen MR) is 86.0 cm³/mol. The topological polar surface area (TPSA) is 47.6 Å². The van der Waals surface area contributed by atoms with Crippen LogP contribution in [-0.2, 0) is 9.53 Å². The van der Waals surface area contributed by atoms with Gasteiger partial charge in [0.15, 0.2) is 0 Å². The number of carbonyl (C=O) groups is 1. The molecule has 0 saturated carbocycles. The molecule has 4 heteroatoms. The van der Waals surface area contributed by atoms with Crippen LogP contribution < -0.4 is 10.1 Å². The summed E-state index contributed by atoms with van der Waals surface area (Å²) in [6, 6.07) is 7.59. The van der Waals surface area contributed by atoms with Crippen LogP contribution in [0.3, 0.4) is 0 Å². The summed E-state index contributed by atoms with van der Waals surface area (Å²) in [6.07, 6.45) is 9.36. The standard InChI is InChI=1S/C18H23NO3/c20-18(14-6-2-1-3-7-14)19-15-8-4-9-16(12-15)22-13-17-10-5-11-21-17/h1-2,4,8-9,12,14,17H,3,5-7,10-11,13H2,(H,19,20)/t14-,17-/m1/s1. The molecule has 1 fully saturated rings. The number of hydrogen-bond donors (Lipinski definition) is 1. The normalized spacial score (nSPS) is 24.2. The molecule has 0 spiro atoms. The Hall–Kier alpha value is -1.81. The van der Waals surface area contributed by atoms with E-state index in [-0.39, 0.29) is 17.9 Å². The molecule has 2 atom stereocenters. The number of amides is 1. The smallest absolute Gasteiger partial charge is 0.227 e. The van der Waals surface area contributed by atoms with Gasteiger partial charge < -0.3 is 14.8 Å². The second kappa shape index (κ2) is 7.45. The van der Waals surface area contributed by atoms with E-state index < -0.39 is 0 Å². The zero-order valence-electron chi connectivity index (χ0n) is 12.8. The molecule has 4 nitrogen and oxygen atoms in total. The zero-order valence-corrected chi connectivity index (χ0v) is 12.8. The number of allylic oxidation sites excluding steroid dienone is 2. The first kappa shape index (κ1) is 15.1. The maximum absolute atomic E-state index is 12.2. The third-order valence-electron chi connectivity index (χ3n) is 4.20. The Kier molecular flexibility index (Phi) is 5.11. The van der Waals surface area contributed by atoms with E-state index in [1.165, 1.54) is 0 Å². The summed E-state index contributed by atoms with van der Waals surface area (Å²) in [4.78, 5) is 12.2. The molecule has 3 rings (SSSR count). The van der Waals surface area contributed by atoms with Gasteiger partial charge in [0.25, 0.3) is 0 Å². The molecule has 2 aliphatic rings. The van der Waals surface area contributed by atoms with Crippen LogP contribution in [0.5, 0.6) is 5.75 Å². The number of anilines is 1. The highest BCUT2D eigenvalue weighted by Gasteiger charge is 2.19. The maximum atomic E-state index is 12.2. The average Bonchev–Trinajstić information content (AvgIpc) is 3.08. The van der Waals surface area contributed by atoms with Gasteiger partial charge in [0.05, 0.1) is 6.10 Å². The van der Waals surface area contributed by atoms with Crippen LogP contribution in [0, 0.1) is 5.92 Å². The summed E-state index contributed by atoms with van der Waals surface area (Å²) in [5, 5.41) is 3.00. The lowest BCUT2D eigenvalue weighted by atomic mass is 9.93. The van der Waals surface area contributed by atoms with Crippen molar-refractivity contribution in [2.45, 2.75) is 38.2 Å². The molecule has 22 heavy (non-hydrogen) atoms. The summed E-state index contributed by atoms with van der Waals surface area (Å²) in [5.74, 6) is 0.957. The molecular weight excluding hydrogens is 278 g/mol. The van der Waals surface area contributed by atoms with Gasteiger partial charge in [0.2, 0.25) is 5.91 Å². The first-order chi connectivity index (χ1) is 10.8. The van der Waals surface area contributed by atoms with Crippen LogP contribution in [-0.4, -0.2) is 25.2 Å². The highest BCUT2D eigenvalue weighted by molar-refractivity contribution is 5.92. The Bertz CT molecular complexity index is 535. The van der Waals surface area contributed by atoms with Gasteiger partial charge in [0.1, 0.15) is 12.4 Å². The summed E-state index contributed by atoms with van der Waals surface area (Å²) in [6.45, 7) is 1.41. The molecule has 0 radical (unpaired) electrons. The summed E-state index contributed by atoms with van der Waals surface area (Å²) in [7, 11) is 0. The molecule has 1 aliphatic carbocycles. The fraction of sp³-hybridized carbons (Fsp3) is 0.500. The summed E-state index contributed by atoms with van der Waals surface area (Å²) < 4.78 is 11.3. The Morgan fingerprint density at radius 1 is 1.32 bits per heavy atom. The molecule has 118 valence electrons. The predicted octanol–water partition coefficient (Wildman–Crippen LogP) is 3.54. The van der Waals surface area contributed by atoms with Crippen molar-refractivity contribution in [3.8, 4) is 5.75 Å². The molecule has 1 aromatic carbocycles. The Morgan fingerprint density at radius 3 is 3.05 bits per heavy atom. The van der Waals surface area contributed by atoms with Crippen molar-refractivity contribution < 1.29 is 14.3 Å². The lowest BCUT2D eigenvalue weighted by molar-refractivity contribution is -0.120. The van der Waals surface area contributed by atoms with Crippen LogP contribution in [0.1, 0.15) is 32.1 Å². The fourth-order valence-electron chi connectivity index (χ4n) is 2.90. The third kappa shape index (κ3) is 4.10. The lowest BCUT2D eigenvalue weighted by Crippen LogP contribution is -2.23. The third-order valence-corrected chi connectivity index (χ3v) is 4.20. The Morgan fingerprint density at radius 2 is 2.27 bits per heavy atom. The van der Waals surface area contributed by atoms with E-state index >= 15 is 0 Å². The highest BCUT2D eigenvalue weighted by atomic mass is 16.5. The molecule has 0 unspecified atom stereocenters. The molecule has 0 bridgehead atoms. The minimum atomic E-state index is 0.0847. The number of hydrogen-bond acceptors (Lipinski definition) is 3. The number of rotatable bonds is 5. The minimum Gasteiger partial charge on any atom is -0.491 e. The monoisotopic (exact) mass is 301 g/mol. The second-order valence-electron chi connectivity index (χ2n) is 5.94. The van der Waals surface area contributed by atoms with Gasteiger partial charge >= 0.3 is 0 Å². The average molecular weight is 301 g/mol. The van der Waals surface area contributed by atoms with Crippen LogP contribution in [0.2, 0.25) is 0 Å². The van der Waals surface area contributed by atoms with Gasteiger partial charge in [-0.3, -0.25) is 4.79 Å². The van der Waals surface area contributed by atoms with E-state index in [9.17, 15) is 4.79 Å². The molecule has 1 N–H and O–H groups in total. The van der Waals surface area contributed by atoms with Gasteiger partial charge in [-0.2, -0.15) is 0 Å². The maximum Gasteiger partial charge on any atom is 0.227 e. The highest BCUT2D eigenvalue weighted by Crippen LogP contribution is 2.23. The Labute approximate surface area is 131 Å². The lowest BCUT2D eigenvalue weighted by Gasteiger charge is -2.17. The van der Waals surface area contributed by atoms with Gasteiger partial charge in [-0.1, -0.05) is 18.2 Å². The van der Waals surface area contributed by atoms with Crippen LogP contribution >= 0.6 is 0 Å². The quantitative estimate of drug-likeness (QED) is 0.846. The van der Waals surface area contributed by atoms with E-state index in [4.69, 9.17) is 9.47 Å². The number of ether oxygens (including phenoxy) is 2. The van der Waals surface area contributed by atoms with Crippen molar-refractivity contribution >= 4 is 11.6 Å². The van der Waals surface area contributed by atoms with Crippen LogP contribution in [0.25, 0.3) is 0 Å². The van der Waals surface area contributed by atoms with Crippen molar-refractivity contribution in [2.24, 2.45) is 5.92 Å². The van der Waals surface area contributed by atoms with Gasteiger partial charge in [0, 0.05) is 24.3 Å². The SMILES string of the molecule is O=C(Nc1cccc(OC[C@H]2CCCO2)c1)[C@@H]1CC=CCC1. The molecule has 1 heterocycles. The first-order valence-electron chi connectivity index (χ1n) is 8.11.